The van der Waals surface area contributed by atoms with E-state index < -0.39 is 5.97 Å². The van der Waals surface area contributed by atoms with E-state index in [1.165, 1.54) is 11.0 Å². The maximum atomic E-state index is 13.7. The standard InChI is InChI=1S/C17H24FN3O3/c1-17(19-9-16(23)24)7-8-21(12-17)11-15(22)20(2)10-13-5-3-4-6-14(13)18/h3-6,19H,7-12H2,1-2H3,(H,23,24)/t17-/m1/s1. The summed E-state index contributed by atoms with van der Waals surface area (Å²) in [7, 11) is 1.66. The largest absolute Gasteiger partial charge is 0.480 e. The van der Waals surface area contributed by atoms with Gasteiger partial charge in [-0.3, -0.25) is 14.5 Å². The fourth-order valence-electron chi connectivity index (χ4n) is 2.91. The van der Waals surface area contributed by atoms with Gasteiger partial charge in [0, 0.05) is 37.8 Å². The molecule has 1 aliphatic rings. The van der Waals surface area contributed by atoms with E-state index in [4.69, 9.17) is 5.11 Å². The molecule has 1 fully saturated rings. The summed E-state index contributed by atoms with van der Waals surface area (Å²) in [6.45, 7) is 3.68. The van der Waals surface area contributed by atoms with Gasteiger partial charge in [0.1, 0.15) is 5.82 Å². The summed E-state index contributed by atoms with van der Waals surface area (Å²) < 4.78 is 13.7. The third-order valence-electron chi connectivity index (χ3n) is 4.37. The topological polar surface area (TPSA) is 72.9 Å². The zero-order chi connectivity index (χ0) is 17.7. The molecule has 2 rings (SSSR count). The van der Waals surface area contributed by atoms with Crippen molar-refractivity contribution in [2.24, 2.45) is 0 Å². The molecule has 1 amide bonds. The molecule has 7 heteroatoms. The number of carboxylic acids is 1. The molecule has 6 nitrogen and oxygen atoms in total. The van der Waals surface area contributed by atoms with E-state index in [2.05, 4.69) is 5.32 Å². The van der Waals surface area contributed by atoms with Crippen LogP contribution in [-0.2, 0) is 16.1 Å². The average molecular weight is 337 g/mol. The molecule has 0 radical (unpaired) electrons. The highest BCUT2D eigenvalue weighted by molar-refractivity contribution is 5.78. The maximum Gasteiger partial charge on any atom is 0.317 e. The molecule has 0 bridgehead atoms. The van der Waals surface area contributed by atoms with Crippen molar-refractivity contribution in [1.82, 2.24) is 15.1 Å². The first-order chi connectivity index (χ1) is 11.3. The van der Waals surface area contributed by atoms with Gasteiger partial charge in [-0.1, -0.05) is 18.2 Å². The zero-order valence-electron chi connectivity index (χ0n) is 14.1. The Balaban J connectivity index is 1.84. The molecule has 1 aliphatic heterocycles. The van der Waals surface area contributed by atoms with Crippen molar-refractivity contribution in [1.29, 1.82) is 0 Å². The minimum Gasteiger partial charge on any atom is -0.480 e. The molecule has 1 atom stereocenters. The Morgan fingerprint density at radius 2 is 2.12 bits per heavy atom. The minimum atomic E-state index is -0.893. The van der Waals surface area contributed by atoms with E-state index in [-0.39, 0.29) is 36.9 Å². The molecule has 0 spiro atoms. The Bertz CT molecular complexity index is 610. The Morgan fingerprint density at radius 3 is 2.79 bits per heavy atom. The summed E-state index contributed by atoms with van der Waals surface area (Å²) in [5, 5.41) is 11.8. The van der Waals surface area contributed by atoms with Crippen LogP contribution in [0.5, 0.6) is 0 Å². The summed E-state index contributed by atoms with van der Waals surface area (Å²) in [5.41, 5.74) is 0.186. The number of rotatable bonds is 7. The van der Waals surface area contributed by atoms with Crippen LogP contribution in [0, 0.1) is 5.82 Å². The molecule has 1 aromatic rings. The highest BCUT2D eigenvalue weighted by atomic mass is 19.1. The van der Waals surface area contributed by atoms with Crippen LogP contribution in [0.25, 0.3) is 0 Å². The molecule has 1 aromatic carbocycles. The first-order valence-corrected chi connectivity index (χ1v) is 7.96. The SMILES string of the molecule is CN(Cc1ccccc1F)C(=O)CN1CC[C@@](C)(NCC(=O)O)C1. The monoisotopic (exact) mass is 337 g/mol. The maximum absolute atomic E-state index is 13.7. The number of hydrogen-bond donors (Lipinski definition) is 2. The molecule has 1 heterocycles. The van der Waals surface area contributed by atoms with E-state index in [1.54, 1.807) is 25.2 Å². The highest BCUT2D eigenvalue weighted by Crippen LogP contribution is 2.20. The summed E-state index contributed by atoms with van der Waals surface area (Å²) in [6, 6.07) is 6.42. The fourth-order valence-corrected chi connectivity index (χ4v) is 2.91. The molecule has 1 saturated heterocycles. The normalized spacial score (nSPS) is 21.0. The average Bonchev–Trinajstić information content (AvgIpc) is 2.89. The number of hydrogen-bond acceptors (Lipinski definition) is 4. The quantitative estimate of drug-likeness (QED) is 0.774. The Kier molecular flexibility index (Phi) is 5.90. The molecule has 24 heavy (non-hydrogen) atoms. The van der Waals surface area contributed by atoms with Crippen LogP contribution in [0.2, 0.25) is 0 Å². The van der Waals surface area contributed by atoms with Crippen molar-refractivity contribution < 1.29 is 19.1 Å². The lowest BCUT2D eigenvalue weighted by Gasteiger charge is -2.26. The minimum absolute atomic E-state index is 0.0827. The second kappa shape index (κ2) is 7.72. The van der Waals surface area contributed by atoms with Gasteiger partial charge in [-0.15, -0.1) is 0 Å². The van der Waals surface area contributed by atoms with E-state index in [1.807, 2.05) is 11.8 Å². The molecule has 0 unspecified atom stereocenters. The first kappa shape index (κ1) is 18.4. The van der Waals surface area contributed by atoms with Crippen molar-refractivity contribution in [2.75, 3.05) is 33.2 Å². The number of aliphatic carboxylic acids is 1. The number of carboxylic acid groups (broad SMARTS) is 1. The second-order valence-electron chi connectivity index (χ2n) is 6.61. The van der Waals surface area contributed by atoms with E-state index in [0.717, 1.165) is 13.0 Å². The highest BCUT2D eigenvalue weighted by Gasteiger charge is 2.34. The second-order valence-corrected chi connectivity index (χ2v) is 6.61. The summed E-state index contributed by atoms with van der Waals surface area (Å²) in [6.07, 6.45) is 0.782. The van der Waals surface area contributed by atoms with E-state index in [9.17, 15) is 14.0 Å². The lowest BCUT2D eigenvalue weighted by molar-refractivity contribution is -0.136. The van der Waals surface area contributed by atoms with Gasteiger partial charge in [-0.05, 0) is 19.4 Å². The van der Waals surface area contributed by atoms with Gasteiger partial charge in [-0.25, -0.2) is 4.39 Å². The molecule has 0 aromatic heterocycles. The third kappa shape index (κ3) is 5.01. The van der Waals surface area contributed by atoms with Gasteiger partial charge in [0.15, 0.2) is 0 Å². The molecule has 0 aliphatic carbocycles. The predicted molar refractivity (Wildman–Crippen MR) is 88.0 cm³/mol. The van der Waals surface area contributed by atoms with Gasteiger partial charge < -0.3 is 15.3 Å². The number of nitrogens with one attached hydrogen (secondary N) is 1. The number of carbonyl (C=O) groups excluding carboxylic acids is 1. The van der Waals surface area contributed by atoms with Crippen LogP contribution in [0.1, 0.15) is 18.9 Å². The number of nitrogens with zero attached hydrogens (tertiary/aromatic N) is 2. The fraction of sp³-hybridized carbons (Fsp3) is 0.529. The number of likely N-dealkylation sites (tertiary alicyclic amines) is 1. The number of amides is 1. The molecule has 2 N–H and O–H groups in total. The van der Waals surface area contributed by atoms with Gasteiger partial charge >= 0.3 is 5.97 Å². The summed E-state index contributed by atoms with van der Waals surface area (Å²) in [4.78, 5) is 26.5. The number of halogens is 1. The van der Waals surface area contributed by atoms with Crippen molar-refractivity contribution in [3.8, 4) is 0 Å². The summed E-state index contributed by atoms with van der Waals surface area (Å²) >= 11 is 0. The lowest BCUT2D eigenvalue weighted by atomic mass is 10.0. The van der Waals surface area contributed by atoms with Crippen molar-refractivity contribution in [3.63, 3.8) is 0 Å². The third-order valence-corrected chi connectivity index (χ3v) is 4.37. The van der Waals surface area contributed by atoms with Gasteiger partial charge in [-0.2, -0.15) is 0 Å². The Labute approximate surface area is 141 Å². The van der Waals surface area contributed by atoms with E-state index in [0.29, 0.717) is 12.1 Å². The van der Waals surface area contributed by atoms with Crippen molar-refractivity contribution in [3.05, 3.63) is 35.6 Å². The lowest BCUT2D eigenvalue weighted by Crippen LogP contribution is -2.47. The Morgan fingerprint density at radius 1 is 1.42 bits per heavy atom. The molecule has 0 saturated carbocycles. The first-order valence-electron chi connectivity index (χ1n) is 7.96. The van der Waals surface area contributed by atoms with Crippen LogP contribution in [-0.4, -0.2) is 65.5 Å². The number of benzene rings is 1. The van der Waals surface area contributed by atoms with Crippen LogP contribution < -0.4 is 5.32 Å². The number of likely N-dealkylation sites (N-methyl/N-ethyl adjacent to an activating group) is 1. The van der Waals surface area contributed by atoms with Crippen molar-refractivity contribution >= 4 is 11.9 Å². The van der Waals surface area contributed by atoms with E-state index >= 15 is 0 Å². The zero-order valence-corrected chi connectivity index (χ0v) is 14.1. The Hall–Kier alpha value is -1.99. The number of carbonyl (C=O) groups is 2. The predicted octanol–water partition coefficient (Wildman–Crippen LogP) is 0.923. The smallest absolute Gasteiger partial charge is 0.317 e. The van der Waals surface area contributed by atoms with Gasteiger partial charge in [0.05, 0.1) is 13.1 Å². The molecular weight excluding hydrogens is 313 g/mol. The van der Waals surface area contributed by atoms with Gasteiger partial charge in [0.25, 0.3) is 0 Å². The van der Waals surface area contributed by atoms with Crippen LogP contribution >= 0.6 is 0 Å². The van der Waals surface area contributed by atoms with Crippen molar-refractivity contribution in [2.45, 2.75) is 25.4 Å². The summed E-state index contributed by atoms with van der Waals surface area (Å²) in [5.74, 6) is -1.29. The molecular formula is C17H24FN3O3. The van der Waals surface area contributed by atoms with Crippen LogP contribution in [0.3, 0.4) is 0 Å². The van der Waals surface area contributed by atoms with Crippen LogP contribution in [0.15, 0.2) is 24.3 Å². The van der Waals surface area contributed by atoms with Gasteiger partial charge in [0.2, 0.25) is 5.91 Å². The molecule has 132 valence electrons. The van der Waals surface area contributed by atoms with Crippen LogP contribution in [0.4, 0.5) is 4.39 Å².